The molecule has 1 N–H and O–H groups in total. The Bertz CT molecular complexity index is 1040. The van der Waals surface area contributed by atoms with Crippen molar-refractivity contribution in [2.75, 3.05) is 20.0 Å². The van der Waals surface area contributed by atoms with Crippen LogP contribution in [-0.2, 0) is 10.5 Å². The molecule has 1 aromatic heterocycles. The van der Waals surface area contributed by atoms with Crippen molar-refractivity contribution < 1.29 is 14.3 Å². The van der Waals surface area contributed by atoms with E-state index >= 15 is 0 Å². The Kier molecular flexibility index (Phi) is 8.74. The van der Waals surface area contributed by atoms with Gasteiger partial charge in [0.25, 0.3) is 5.91 Å². The number of rotatable bonds is 10. The van der Waals surface area contributed by atoms with E-state index in [0.29, 0.717) is 17.1 Å². The van der Waals surface area contributed by atoms with Gasteiger partial charge in [0, 0.05) is 11.3 Å². The van der Waals surface area contributed by atoms with Crippen LogP contribution in [0.1, 0.15) is 16.7 Å². The van der Waals surface area contributed by atoms with Gasteiger partial charge in [0.15, 0.2) is 8.68 Å². The third-order valence-electron chi connectivity index (χ3n) is 4.03. The lowest BCUT2D eigenvalue weighted by Crippen LogP contribution is -2.19. The summed E-state index contributed by atoms with van der Waals surface area (Å²) in [5, 5.41) is 12.3. The van der Waals surface area contributed by atoms with Gasteiger partial charge in [-0.3, -0.25) is 4.79 Å². The Morgan fingerprint density at radius 1 is 1.10 bits per heavy atom. The molecule has 3 aromatic rings. The van der Waals surface area contributed by atoms with Crippen LogP contribution in [0.15, 0.2) is 56.2 Å². The van der Waals surface area contributed by atoms with E-state index in [4.69, 9.17) is 9.47 Å². The average Bonchev–Trinajstić information content (AvgIpc) is 3.25. The number of carbonyl (C=O) groups excluding carboxylic acids is 1. The zero-order valence-corrected chi connectivity index (χ0v) is 19.8. The fourth-order valence-corrected chi connectivity index (χ4v) is 5.19. The Balaban J connectivity index is 1.45. The summed E-state index contributed by atoms with van der Waals surface area (Å²) in [6.07, 6.45) is 1.52. The van der Waals surface area contributed by atoms with Crippen LogP contribution in [0.5, 0.6) is 11.5 Å². The molecule has 1 heterocycles. The Labute approximate surface area is 193 Å². The molecule has 0 aliphatic heterocycles. The second-order valence-electron chi connectivity index (χ2n) is 6.30. The number of carbonyl (C=O) groups is 1. The highest BCUT2D eigenvalue weighted by atomic mass is 32.2. The zero-order valence-electron chi connectivity index (χ0n) is 17.3. The van der Waals surface area contributed by atoms with Crippen LogP contribution < -0.4 is 14.9 Å². The number of hydrogen-bond donors (Lipinski definition) is 1. The summed E-state index contributed by atoms with van der Waals surface area (Å²) in [6.45, 7) is 2.07. The minimum atomic E-state index is -0.229. The molecule has 2 aromatic carbocycles. The molecule has 0 radical (unpaired) electrons. The highest BCUT2D eigenvalue weighted by Crippen LogP contribution is 2.30. The van der Waals surface area contributed by atoms with Gasteiger partial charge in [-0.2, -0.15) is 5.10 Å². The van der Waals surface area contributed by atoms with E-state index in [-0.39, 0.29) is 11.7 Å². The maximum atomic E-state index is 12.1. The van der Waals surface area contributed by atoms with Crippen LogP contribution in [-0.4, -0.2) is 42.3 Å². The first-order chi connectivity index (χ1) is 15.1. The van der Waals surface area contributed by atoms with Gasteiger partial charge < -0.3 is 9.47 Å². The molecule has 1 amide bonds. The van der Waals surface area contributed by atoms with Gasteiger partial charge in [0.2, 0.25) is 0 Å². The summed E-state index contributed by atoms with van der Waals surface area (Å²) in [5.74, 6) is 2.12. The zero-order chi connectivity index (χ0) is 22.1. The number of nitrogens with one attached hydrogen (secondary N) is 1. The normalized spacial score (nSPS) is 10.9. The van der Waals surface area contributed by atoms with Gasteiger partial charge in [-0.15, -0.1) is 10.2 Å². The van der Waals surface area contributed by atoms with Gasteiger partial charge in [-0.1, -0.05) is 64.7 Å². The summed E-state index contributed by atoms with van der Waals surface area (Å²) in [7, 11) is 3.16. The molecular formula is C21H22N4O3S3. The number of hydrazone groups is 1. The highest BCUT2D eigenvalue weighted by Gasteiger charge is 2.09. The van der Waals surface area contributed by atoms with Crippen molar-refractivity contribution in [3.63, 3.8) is 0 Å². The lowest BCUT2D eigenvalue weighted by molar-refractivity contribution is -0.118. The van der Waals surface area contributed by atoms with Crippen molar-refractivity contribution >= 4 is 47.0 Å². The molecule has 0 aliphatic rings. The third kappa shape index (κ3) is 7.27. The quantitative estimate of drug-likeness (QED) is 0.265. The molecule has 10 heteroatoms. The van der Waals surface area contributed by atoms with Crippen molar-refractivity contribution in [3.8, 4) is 11.5 Å². The van der Waals surface area contributed by atoms with Gasteiger partial charge in [0.1, 0.15) is 11.5 Å². The van der Waals surface area contributed by atoms with E-state index in [0.717, 1.165) is 14.4 Å². The highest BCUT2D eigenvalue weighted by molar-refractivity contribution is 8.03. The number of ether oxygens (including phenoxy) is 2. The summed E-state index contributed by atoms with van der Waals surface area (Å²) in [5.41, 5.74) is 5.70. The third-order valence-corrected chi connectivity index (χ3v) is 7.29. The molecule has 0 aliphatic carbocycles. The molecule has 7 nitrogen and oxygen atoms in total. The van der Waals surface area contributed by atoms with E-state index in [1.807, 2.05) is 0 Å². The van der Waals surface area contributed by atoms with Gasteiger partial charge in [0.05, 0.1) is 26.2 Å². The predicted octanol–water partition coefficient (Wildman–Crippen LogP) is 4.40. The van der Waals surface area contributed by atoms with Crippen molar-refractivity contribution in [3.05, 3.63) is 59.2 Å². The summed E-state index contributed by atoms with van der Waals surface area (Å²) < 4.78 is 12.1. The molecule has 0 bridgehead atoms. The average molecular weight is 475 g/mol. The van der Waals surface area contributed by atoms with Gasteiger partial charge >= 0.3 is 0 Å². The standard InChI is InChI=1S/C21H22N4O3S3/c1-14-4-6-15(7-5-14)12-29-20-24-25-21(31-20)30-13-19(26)23-22-11-16-10-17(27-2)8-9-18(16)28-3/h4-11H,12-13H2,1-3H3,(H,23,26)/b22-11-. The molecular weight excluding hydrogens is 452 g/mol. The van der Waals surface area contributed by atoms with Crippen LogP contribution in [0.2, 0.25) is 0 Å². The minimum absolute atomic E-state index is 0.198. The van der Waals surface area contributed by atoms with Gasteiger partial charge in [-0.05, 0) is 30.7 Å². The summed E-state index contributed by atoms with van der Waals surface area (Å²) in [4.78, 5) is 12.1. The maximum Gasteiger partial charge on any atom is 0.250 e. The molecule has 31 heavy (non-hydrogen) atoms. The van der Waals surface area contributed by atoms with Crippen LogP contribution >= 0.6 is 34.9 Å². The van der Waals surface area contributed by atoms with E-state index < -0.39 is 0 Å². The number of aryl methyl sites for hydroxylation is 1. The first-order valence-electron chi connectivity index (χ1n) is 9.26. The second kappa shape index (κ2) is 11.7. The van der Waals surface area contributed by atoms with Crippen molar-refractivity contribution in [2.24, 2.45) is 5.10 Å². The molecule has 0 saturated carbocycles. The van der Waals surface area contributed by atoms with E-state index in [1.165, 1.54) is 40.4 Å². The lowest BCUT2D eigenvalue weighted by atomic mass is 10.2. The smallest absolute Gasteiger partial charge is 0.250 e. The lowest BCUT2D eigenvalue weighted by Gasteiger charge is -2.06. The van der Waals surface area contributed by atoms with Crippen LogP contribution in [0, 0.1) is 6.92 Å². The number of aromatic nitrogens is 2. The number of benzene rings is 2. The molecule has 0 unspecified atom stereocenters. The number of nitrogens with zero attached hydrogens (tertiary/aromatic N) is 3. The van der Waals surface area contributed by atoms with Crippen molar-refractivity contribution in [2.45, 2.75) is 21.4 Å². The van der Waals surface area contributed by atoms with Crippen LogP contribution in [0.25, 0.3) is 0 Å². The molecule has 0 fully saturated rings. The topological polar surface area (TPSA) is 85.7 Å². The first-order valence-corrected chi connectivity index (χ1v) is 12.0. The Morgan fingerprint density at radius 2 is 1.84 bits per heavy atom. The summed E-state index contributed by atoms with van der Waals surface area (Å²) in [6, 6.07) is 13.8. The van der Waals surface area contributed by atoms with E-state index in [9.17, 15) is 4.79 Å². The molecule has 162 valence electrons. The van der Waals surface area contributed by atoms with Crippen molar-refractivity contribution in [1.82, 2.24) is 15.6 Å². The van der Waals surface area contributed by atoms with Crippen molar-refractivity contribution in [1.29, 1.82) is 0 Å². The number of methoxy groups -OCH3 is 2. The SMILES string of the molecule is COc1ccc(OC)c(/C=N\NC(=O)CSc2nnc(SCc3ccc(C)cc3)s2)c1. The minimum Gasteiger partial charge on any atom is -0.497 e. The number of hydrogen-bond acceptors (Lipinski definition) is 9. The first kappa shape index (κ1) is 23.1. The molecule has 0 spiro atoms. The molecule has 0 saturated heterocycles. The second-order valence-corrected chi connectivity index (χ2v) is 9.72. The predicted molar refractivity (Wildman–Crippen MR) is 127 cm³/mol. The number of thioether (sulfide) groups is 2. The molecule has 3 rings (SSSR count). The number of amides is 1. The van der Waals surface area contributed by atoms with Crippen LogP contribution in [0.4, 0.5) is 0 Å². The summed E-state index contributed by atoms with van der Waals surface area (Å²) >= 11 is 4.45. The fraction of sp³-hybridized carbons (Fsp3) is 0.238. The van der Waals surface area contributed by atoms with E-state index in [1.54, 1.807) is 44.2 Å². The maximum absolute atomic E-state index is 12.1. The largest absolute Gasteiger partial charge is 0.497 e. The van der Waals surface area contributed by atoms with Gasteiger partial charge in [-0.25, -0.2) is 5.43 Å². The monoisotopic (exact) mass is 474 g/mol. The van der Waals surface area contributed by atoms with E-state index in [2.05, 4.69) is 51.9 Å². The fourth-order valence-electron chi connectivity index (χ4n) is 2.42. The molecule has 0 atom stereocenters. The Morgan fingerprint density at radius 3 is 2.55 bits per heavy atom. The van der Waals surface area contributed by atoms with Crippen LogP contribution in [0.3, 0.4) is 0 Å². The Hall–Kier alpha value is -2.56.